The van der Waals surface area contributed by atoms with Gasteiger partial charge in [0.15, 0.2) is 0 Å². The van der Waals surface area contributed by atoms with E-state index in [2.05, 4.69) is 27.5 Å². The van der Waals surface area contributed by atoms with Crippen molar-refractivity contribution in [2.45, 2.75) is 32.4 Å². The summed E-state index contributed by atoms with van der Waals surface area (Å²) in [5.74, 6) is 0.884. The number of nitrogens with zero attached hydrogens (tertiary/aromatic N) is 2. The van der Waals surface area contributed by atoms with Crippen LogP contribution in [-0.4, -0.2) is 35.6 Å². The van der Waals surface area contributed by atoms with Gasteiger partial charge < -0.3 is 5.32 Å². The second-order valence-corrected chi connectivity index (χ2v) is 5.98. The van der Waals surface area contributed by atoms with Crippen LogP contribution in [0.5, 0.6) is 0 Å². The minimum absolute atomic E-state index is 0.745. The van der Waals surface area contributed by atoms with Crippen LogP contribution in [0.2, 0.25) is 0 Å². The smallest absolute Gasteiger partial charge is 0.107 e. The molecule has 2 fully saturated rings. The molecule has 2 saturated heterocycles. The maximum atomic E-state index is 4.55. The van der Waals surface area contributed by atoms with Crippen LogP contribution in [0.3, 0.4) is 0 Å². The summed E-state index contributed by atoms with van der Waals surface area (Å²) >= 11 is 1.80. The third-order valence-electron chi connectivity index (χ3n) is 3.70. The van der Waals surface area contributed by atoms with E-state index in [1.165, 1.54) is 37.5 Å². The normalized spacial score (nSPS) is 30.6. The first-order chi connectivity index (χ1) is 7.81. The first-order valence-electron chi connectivity index (χ1n) is 6.18. The number of aromatic nitrogens is 1. The Labute approximate surface area is 101 Å². The van der Waals surface area contributed by atoms with E-state index in [-0.39, 0.29) is 0 Å². The van der Waals surface area contributed by atoms with Gasteiger partial charge in [-0.15, -0.1) is 11.3 Å². The number of likely N-dealkylation sites (tertiary alicyclic amines) is 1. The predicted octanol–water partition coefficient (Wildman–Crippen LogP) is 1.64. The Morgan fingerprint density at radius 2 is 2.50 bits per heavy atom. The van der Waals surface area contributed by atoms with Gasteiger partial charge >= 0.3 is 0 Å². The lowest BCUT2D eigenvalue weighted by molar-refractivity contribution is 0.312. The van der Waals surface area contributed by atoms with Crippen LogP contribution in [0, 0.1) is 12.8 Å². The number of hydrogen-bond acceptors (Lipinski definition) is 4. The average Bonchev–Trinajstić information content (AvgIpc) is 2.84. The summed E-state index contributed by atoms with van der Waals surface area (Å²) in [6.45, 7) is 6.81. The quantitative estimate of drug-likeness (QED) is 0.847. The molecule has 0 aromatic carbocycles. The Balaban J connectivity index is 1.61. The van der Waals surface area contributed by atoms with Crippen molar-refractivity contribution in [2.24, 2.45) is 5.92 Å². The molecular formula is C12H19N3S. The number of piperidine rings is 1. The molecule has 0 amide bonds. The number of hydrogen-bond donors (Lipinski definition) is 1. The van der Waals surface area contributed by atoms with Gasteiger partial charge in [-0.3, -0.25) is 4.90 Å². The average molecular weight is 237 g/mol. The fraction of sp³-hybridized carbons (Fsp3) is 0.750. The first-order valence-corrected chi connectivity index (χ1v) is 7.06. The SMILES string of the molecule is Cc1csc(CN2CC3CCCNC3C2)n1. The van der Waals surface area contributed by atoms with Crippen LogP contribution in [-0.2, 0) is 6.54 Å². The molecule has 3 nitrogen and oxygen atoms in total. The molecule has 0 radical (unpaired) electrons. The van der Waals surface area contributed by atoms with Crippen molar-refractivity contribution < 1.29 is 0 Å². The first kappa shape index (κ1) is 10.7. The molecular weight excluding hydrogens is 218 g/mol. The second kappa shape index (κ2) is 4.43. The third-order valence-corrected chi connectivity index (χ3v) is 4.65. The summed E-state index contributed by atoms with van der Waals surface area (Å²) in [5.41, 5.74) is 1.16. The van der Waals surface area contributed by atoms with Gasteiger partial charge in [0.1, 0.15) is 5.01 Å². The maximum Gasteiger partial charge on any atom is 0.107 e. The van der Waals surface area contributed by atoms with Crippen LogP contribution >= 0.6 is 11.3 Å². The Morgan fingerprint density at radius 3 is 3.25 bits per heavy atom. The van der Waals surface area contributed by atoms with Crippen molar-refractivity contribution in [2.75, 3.05) is 19.6 Å². The standard InChI is InChI=1S/C12H19N3S/c1-9-8-16-12(14-9)7-15-5-10-3-2-4-13-11(10)6-15/h8,10-11,13H,2-7H2,1H3. The van der Waals surface area contributed by atoms with E-state index in [1.807, 2.05) is 0 Å². The van der Waals surface area contributed by atoms with E-state index in [4.69, 9.17) is 0 Å². The Bertz CT molecular complexity index is 349. The van der Waals surface area contributed by atoms with E-state index in [0.29, 0.717) is 0 Å². The topological polar surface area (TPSA) is 28.2 Å². The van der Waals surface area contributed by atoms with Crippen LogP contribution in [0.15, 0.2) is 5.38 Å². The van der Waals surface area contributed by atoms with E-state index in [1.54, 1.807) is 11.3 Å². The lowest BCUT2D eigenvalue weighted by atomic mass is 9.94. The predicted molar refractivity (Wildman–Crippen MR) is 66.6 cm³/mol. The number of aryl methyl sites for hydroxylation is 1. The molecule has 0 saturated carbocycles. The lowest BCUT2D eigenvalue weighted by Gasteiger charge is -2.24. The molecule has 4 heteroatoms. The van der Waals surface area contributed by atoms with Crippen molar-refractivity contribution in [3.8, 4) is 0 Å². The van der Waals surface area contributed by atoms with Gasteiger partial charge in [0.05, 0.1) is 6.54 Å². The monoisotopic (exact) mass is 237 g/mol. The van der Waals surface area contributed by atoms with E-state index >= 15 is 0 Å². The zero-order valence-electron chi connectivity index (χ0n) is 9.78. The summed E-state index contributed by atoms with van der Waals surface area (Å²) in [7, 11) is 0. The second-order valence-electron chi connectivity index (χ2n) is 5.04. The van der Waals surface area contributed by atoms with Crippen molar-refractivity contribution >= 4 is 11.3 Å². The molecule has 3 heterocycles. The van der Waals surface area contributed by atoms with Gasteiger partial charge in [0.25, 0.3) is 0 Å². The number of thiazole rings is 1. The van der Waals surface area contributed by atoms with E-state index in [0.717, 1.165) is 24.2 Å². The highest BCUT2D eigenvalue weighted by Crippen LogP contribution is 2.26. The number of rotatable bonds is 2. The fourth-order valence-electron chi connectivity index (χ4n) is 2.93. The zero-order chi connectivity index (χ0) is 11.0. The summed E-state index contributed by atoms with van der Waals surface area (Å²) in [5, 5.41) is 7.07. The van der Waals surface area contributed by atoms with Gasteiger partial charge in [-0.25, -0.2) is 4.98 Å². The van der Waals surface area contributed by atoms with Crippen molar-refractivity contribution in [1.29, 1.82) is 0 Å². The van der Waals surface area contributed by atoms with Crippen LogP contribution < -0.4 is 5.32 Å². The minimum atomic E-state index is 0.745. The maximum absolute atomic E-state index is 4.55. The van der Waals surface area contributed by atoms with Crippen molar-refractivity contribution in [1.82, 2.24) is 15.2 Å². The summed E-state index contributed by atoms with van der Waals surface area (Å²) < 4.78 is 0. The highest BCUT2D eigenvalue weighted by molar-refractivity contribution is 7.09. The molecule has 1 aromatic rings. The molecule has 2 unspecified atom stereocenters. The summed E-state index contributed by atoms with van der Waals surface area (Å²) in [4.78, 5) is 7.11. The van der Waals surface area contributed by atoms with Crippen LogP contribution in [0.25, 0.3) is 0 Å². The molecule has 88 valence electrons. The van der Waals surface area contributed by atoms with Crippen molar-refractivity contribution in [3.05, 3.63) is 16.1 Å². The molecule has 2 atom stereocenters. The Kier molecular flexibility index (Phi) is 2.96. The third kappa shape index (κ3) is 2.14. The minimum Gasteiger partial charge on any atom is -0.312 e. The highest BCUT2D eigenvalue weighted by atomic mass is 32.1. The fourth-order valence-corrected chi connectivity index (χ4v) is 3.74. The molecule has 0 spiro atoms. The van der Waals surface area contributed by atoms with Gasteiger partial charge in [-0.05, 0) is 32.2 Å². The number of fused-ring (bicyclic) bond motifs is 1. The van der Waals surface area contributed by atoms with Crippen LogP contribution in [0.4, 0.5) is 0 Å². The van der Waals surface area contributed by atoms with Crippen molar-refractivity contribution in [3.63, 3.8) is 0 Å². The summed E-state index contributed by atoms with van der Waals surface area (Å²) in [6, 6.07) is 0.745. The molecule has 2 aliphatic heterocycles. The van der Waals surface area contributed by atoms with Gasteiger partial charge in [-0.1, -0.05) is 0 Å². The molecule has 2 aliphatic rings. The molecule has 16 heavy (non-hydrogen) atoms. The zero-order valence-corrected chi connectivity index (χ0v) is 10.6. The summed E-state index contributed by atoms with van der Waals surface area (Å²) in [6.07, 6.45) is 2.76. The Hall–Kier alpha value is -0.450. The molecule has 1 N–H and O–H groups in total. The molecule has 3 rings (SSSR count). The van der Waals surface area contributed by atoms with E-state index < -0.39 is 0 Å². The van der Waals surface area contributed by atoms with Gasteiger partial charge in [-0.2, -0.15) is 0 Å². The lowest BCUT2D eigenvalue weighted by Crippen LogP contribution is -2.40. The Morgan fingerprint density at radius 1 is 1.56 bits per heavy atom. The van der Waals surface area contributed by atoms with Gasteiger partial charge in [0.2, 0.25) is 0 Å². The van der Waals surface area contributed by atoms with Gasteiger partial charge in [0, 0.05) is 30.2 Å². The molecule has 0 aliphatic carbocycles. The molecule has 1 aromatic heterocycles. The number of nitrogens with one attached hydrogen (secondary N) is 1. The van der Waals surface area contributed by atoms with E-state index in [9.17, 15) is 0 Å². The highest BCUT2D eigenvalue weighted by Gasteiger charge is 2.34. The van der Waals surface area contributed by atoms with Crippen LogP contribution in [0.1, 0.15) is 23.5 Å². The largest absolute Gasteiger partial charge is 0.312 e. The molecule has 0 bridgehead atoms.